The summed E-state index contributed by atoms with van der Waals surface area (Å²) in [5.74, 6) is -0.484. The van der Waals surface area contributed by atoms with Crippen LogP contribution in [-0.2, 0) is 19.2 Å². The van der Waals surface area contributed by atoms with Crippen molar-refractivity contribution in [1.29, 1.82) is 0 Å². The third-order valence-corrected chi connectivity index (χ3v) is 11.7. The van der Waals surface area contributed by atoms with Gasteiger partial charge in [0, 0.05) is 51.2 Å². The van der Waals surface area contributed by atoms with Crippen molar-refractivity contribution in [3.05, 3.63) is 24.3 Å². The van der Waals surface area contributed by atoms with E-state index in [1.807, 2.05) is 18.0 Å². The minimum absolute atomic E-state index is 0.00633. The summed E-state index contributed by atoms with van der Waals surface area (Å²) in [5, 5.41) is 8.71. The topological polar surface area (TPSA) is 146 Å². The van der Waals surface area contributed by atoms with Crippen LogP contribution in [0.15, 0.2) is 29.3 Å². The Bertz CT molecular complexity index is 1190. The Balaban J connectivity index is 2.43. The Morgan fingerprint density at radius 2 is 1.11 bits per heavy atom. The number of hydrogen-bond acceptors (Lipinski definition) is 6. The van der Waals surface area contributed by atoms with E-state index in [-0.39, 0.29) is 42.3 Å². The molecule has 3 unspecified atom stereocenters. The van der Waals surface area contributed by atoms with Crippen molar-refractivity contribution in [1.82, 2.24) is 20.9 Å². The van der Waals surface area contributed by atoms with Gasteiger partial charge in [0.1, 0.15) is 6.04 Å². The molecule has 1 aliphatic rings. The van der Waals surface area contributed by atoms with E-state index >= 15 is 0 Å². The molecule has 352 valence electrons. The van der Waals surface area contributed by atoms with Crippen LogP contribution in [0.4, 0.5) is 0 Å². The Kier molecular flexibility index (Phi) is 37.7. The molecule has 5 N–H and O–H groups in total. The van der Waals surface area contributed by atoms with Crippen LogP contribution in [-0.4, -0.2) is 79.0 Å². The molecule has 1 heterocycles. The minimum Gasteiger partial charge on any atom is -0.353 e. The number of carbonyl (C=O) groups excluding carboxylic acids is 4. The molecule has 1 saturated heterocycles. The van der Waals surface area contributed by atoms with Crippen LogP contribution in [0, 0.1) is 0 Å². The molecule has 10 nitrogen and oxygen atoms in total. The zero-order chi connectivity index (χ0) is 44.4. The van der Waals surface area contributed by atoms with Gasteiger partial charge in [-0.1, -0.05) is 141 Å². The molecule has 0 bridgehead atoms. The number of nitrogens with one attached hydrogen (secondary N) is 3. The third-order valence-electron chi connectivity index (χ3n) is 11.7. The molecule has 1 rings (SSSR count). The smallest absolute Gasteiger partial charge is 0.244 e. The maximum atomic E-state index is 13.3. The van der Waals surface area contributed by atoms with Gasteiger partial charge < -0.3 is 26.6 Å². The Labute approximate surface area is 374 Å². The predicted octanol–water partition coefficient (Wildman–Crippen LogP) is 11.0. The first kappa shape index (κ1) is 56.0. The van der Waals surface area contributed by atoms with E-state index in [0.29, 0.717) is 38.8 Å². The summed E-state index contributed by atoms with van der Waals surface area (Å²) < 4.78 is 0. The van der Waals surface area contributed by atoms with E-state index in [1.165, 1.54) is 109 Å². The summed E-state index contributed by atoms with van der Waals surface area (Å²) in [6.45, 7) is 7.87. The average Bonchev–Trinajstić information content (AvgIpc) is 3.72. The molecular formula is C51H94N6O4. The van der Waals surface area contributed by atoms with Gasteiger partial charge in [-0.05, 0) is 90.4 Å². The first-order valence-electron chi connectivity index (χ1n) is 25.5. The van der Waals surface area contributed by atoms with Gasteiger partial charge >= 0.3 is 0 Å². The van der Waals surface area contributed by atoms with Gasteiger partial charge in [0.25, 0.3) is 0 Å². The zero-order valence-corrected chi connectivity index (χ0v) is 39.7. The molecule has 4 amide bonds. The molecule has 3 atom stereocenters. The summed E-state index contributed by atoms with van der Waals surface area (Å²) in [6, 6.07) is -0.893. The molecule has 10 heteroatoms. The molecular weight excluding hydrogens is 761 g/mol. The summed E-state index contributed by atoms with van der Waals surface area (Å²) in [7, 11) is 0. The van der Waals surface area contributed by atoms with Crippen LogP contribution in [0.25, 0.3) is 0 Å². The van der Waals surface area contributed by atoms with E-state index in [0.717, 1.165) is 77.2 Å². The summed E-state index contributed by atoms with van der Waals surface area (Å²) in [6.07, 6.45) is 46.0. The first-order valence-corrected chi connectivity index (χ1v) is 25.5. The largest absolute Gasteiger partial charge is 0.353 e. The highest BCUT2D eigenvalue weighted by molar-refractivity contribution is 5.88. The van der Waals surface area contributed by atoms with Crippen LogP contribution >= 0.6 is 0 Å². The second kappa shape index (κ2) is 41.0. The lowest BCUT2D eigenvalue weighted by molar-refractivity contribution is -0.131. The Morgan fingerprint density at radius 1 is 0.639 bits per heavy atom. The number of nitrogens with two attached hydrogens (primary N) is 1. The molecule has 0 aliphatic carbocycles. The van der Waals surface area contributed by atoms with Crippen molar-refractivity contribution < 1.29 is 19.2 Å². The van der Waals surface area contributed by atoms with Gasteiger partial charge in [-0.15, -0.1) is 0 Å². The number of likely N-dealkylation sites (tertiary alicyclic amines) is 1. The number of carbonyl (C=O) groups is 4. The summed E-state index contributed by atoms with van der Waals surface area (Å²) in [5.41, 5.74) is 5.85. The number of nitrogens with zero attached hydrogens (tertiary/aromatic N) is 2. The van der Waals surface area contributed by atoms with Crippen LogP contribution in [0.1, 0.15) is 226 Å². The predicted molar refractivity (Wildman–Crippen MR) is 258 cm³/mol. The standard InChI is InChI=1S/C51H94N6O4/c1-4-6-8-10-12-14-16-18-20-22-24-26-28-30-32-36-48(58)55-44-47(51(61)54-41-40-53-43-46-35-34-42-57(46)50(60)39-38-45(3)52)56-49(59)37-33-31-29-27-25-23-21-19-17-15-13-11-9-7-5-2/h18-21,43,45-47H,4-17,22-42,44,52H2,1-3H3,(H,54,61)(H,55,58)(H,56,59)/b20-18-,21-19-,53-43?. The summed E-state index contributed by atoms with van der Waals surface area (Å²) in [4.78, 5) is 58.1. The highest BCUT2D eigenvalue weighted by Gasteiger charge is 2.27. The van der Waals surface area contributed by atoms with Crippen LogP contribution in [0.5, 0.6) is 0 Å². The number of aliphatic imine (C=N–C) groups is 1. The van der Waals surface area contributed by atoms with Gasteiger partial charge in [-0.25, -0.2) is 0 Å². The fraction of sp³-hybridized carbons (Fsp3) is 0.824. The van der Waals surface area contributed by atoms with Gasteiger partial charge in [0.05, 0.1) is 12.6 Å². The van der Waals surface area contributed by atoms with E-state index in [1.54, 1.807) is 0 Å². The van der Waals surface area contributed by atoms with Crippen molar-refractivity contribution in [2.45, 2.75) is 244 Å². The van der Waals surface area contributed by atoms with Crippen molar-refractivity contribution in [2.24, 2.45) is 10.7 Å². The lowest BCUT2D eigenvalue weighted by atomic mass is 10.1. The Hall–Kier alpha value is -3.01. The normalized spacial score (nSPS) is 15.3. The third kappa shape index (κ3) is 34.2. The number of rotatable bonds is 41. The maximum absolute atomic E-state index is 13.3. The van der Waals surface area contributed by atoms with E-state index < -0.39 is 6.04 Å². The van der Waals surface area contributed by atoms with Crippen molar-refractivity contribution in [2.75, 3.05) is 26.2 Å². The molecule has 0 aromatic rings. The zero-order valence-electron chi connectivity index (χ0n) is 39.7. The molecule has 0 saturated carbocycles. The lowest BCUT2D eigenvalue weighted by Crippen LogP contribution is -2.53. The lowest BCUT2D eigenvalue weighted by Gasteiger charge is -2.22. The average molecular weight is 855 g/mol. The van der Waals surface area contributed by atoms with Gasteiger partial charge in [0.15, 0.2) is 0 Å². The fourth-order valence-corrected chi connectivity index (χ4v) is 7.81. The van der Waals surface area contributed by atoms with Crippen molar-refractivity contribution in [3.8, 4) is 0 Å². The molecule has 0 spiro atoms. The maximum Gasteiger partial charge on any atom is 0.244 e. The minimum atomic E-state index is -0.856. The molecule has 1 fully saturated rings. The molecule has 0 aromatic carbocycles. The van der Waals surface area contributed by atoms with Gasteiger partial charge in [-0.3, -0.25) is 24.2 Å². The number of hydrogen-bond donors (Lipinski definition) is 4. The molecule has 0 aromatic heterocycles. The number of amides is 4. The molecule has 61 heavy (non-hydrogen) atoms. The number of unbranched alkanes of at least 4 members (excludes halogenated alkanes) is 22. The van der Waals surface area contributed by atoms with Gasteiger partial charge in [0.2, 0.25) is 23.6 Å². The monoisotopic (exact) mass is 855 g/mol. The SMILES string of the molecule is CCCCCCCC/C=C\CCCCCCCC(=O)NCC(NC(=O)CCCCCCC/C=C\CCCCCCCC)C(=O)NCCN=CC1CCCN1C(=O)CCC(C)N. The van der Waals surface area contributed by atoms with Crippen molar-refractivity contribution in [3.63, 3.8) is 0 Å². The van der Waals surface area contributed by atoms with Crippen LogP contribution < -0.4 is 21.7 Å². The van der Waals surface area contributed by atoms with E-state index in [9.17, 15) is 19.2 Å². The number of allylic oxidation sites excluding steroid dienone is 4. The highest BCUT2D eigenvalue weighted by Crippen LogP contribution is 2.18. The van der Waals surface area contributed by atoms with Crippen LogP contribution in [0.2, 0.25) is 0 Å². The highest BCUT2D eigenvalue weighted by atomic mass is 16.2. The second-order valence-electron chi connectivity index (χ2n) is 17.8. The van der Waals surface area contributed by atoms with Crippen molar-refractivity contribution >= 4 is 29.8 Å². The molecule has 0 radical (unpaired) electrons. The first-order chi connectivity index (χ1) is 29.8. The summed E-state index contributed by atoms with van der Waals surface area (Å²) >= 11 is 0. The van der Waals surface area contributed by atoms with E-state index in [4.69, 9.17) is 5.73 Å². The van der Waals surface area contributed by atoms with Gasteiger partial charge in [-0.2, -0.15) is 0 Å². The molecule has 1 aliphatic heterocycles. The second-order valence-corrected chi connectivity index (χ2v) is 17.8. The quantitative estimate of drug-likeness (QED) is 0.0275. The van der Waals surface area contributed by atoms with Crippen LogP contribution in [0.3, 0.4) is 0 Å². The fourth-order valence-electron chi connectivity index (χ4n) is 7.81. The van der Waals surface area contributed by atoms with E-state index in [2.05, 4.69) is 59.1 Å². The Morgan fingerprint density at radius 3 is 1.62 bits per heavy atom.